The third kappa shape index (κ3) is 15.4. The molecule has 0 unspecified atom stereocenters. The summed E-state index contributed by atoms with van der Waals surface area (Å²) >= 11 is 0. The van der Waals surface area contributed by atoms with E-state index in [0.29, 0.717) is 112 Å². The third-order valence-electron chi connectivity index (χ3n) is 6.91. The van der Waals surface area contributed by atoms with Gasteiger partial charge in [-0.05, 0) is 62.6 Å². The molecule has 0 saturated carbocycles. The lowest BCUT2D eigenvalue weighted by Gasteiger charge is -2.28. The van der Waals surface area contributed by atoms with Crippen molar-refractivity contribution in [2.75, 3.05) is 104 Å². The van der Waals surface area contributed by atoms with Gasteiger partial charge in [0, 0.05) is 31.9 Å². The maximum Gasteiger partial charge on any atom is 0.410 e. The second-order valence-electron chi connectivity index (χ2n) is 11.8. The molecule has 12 nitrogen and oxygen atoms in total. The highest BCUT2D eigenvalue weighted by molar-refractivity contribution is 5.68. The first-order valence-electron chi connectivity index (χ1n) is 16.0. The minimum atomic E-state index is -0.644. The number of carbonyl (C=O) groups excluding carboxylic acids is 1. The Morgan fingerprint density at radius 1 is 0.696 bits per heavy atom. The van der Waals surface area contributed by atoms with Crippen LogP contribution in [0.3, 0.4) is 0 Å². The van der Waals surface area contributed by atoms with Gasteiger partial charge in [0.1, 0.15) is 5.60 Å². The number of ether oxygens (including phenoxy) is 7. The lowest BCUT2D eigenvalue weighted by molar-refractivity contribution is -0.0152. The molecule has 0 atom stereocenters. The van der Waals surface area contributed by atoms with E-state index in [1.165, 1.54) is 12.1 Å². The number of amides is 1. The maximum absolute atomic E-state index is 13.1. The van der Waals surface area contributed by atoms with Crippen molar-refractivity contribution < 1.29 is 48.2 Å². The number of hydrogen-bond acceptors (Lipinski definition) is 11. The zero-order chi connectivity index (χ0) is 33.0. The first-order valence-corrected chi connectivity index (χ1v) is 16.0. The Kier molecular flexibility index (Phi) is 16.9. The van der Waals surface area contributed by atoms with E-state index in [2.05, 4.69) is 4.90 Å². The molecular weight excluding hydrogens is 596 g/mol. The van der Waals surface area contributed by atoms with E-state index in [0.717, 1.165) is 16.8 Å². The number of carbonyl (C=O) groups is 1. The van der Waals surface area contributed by atoms with Crippen LogP contribution in [0.15, 0.2) is 42.5 Å². The molecule has 0 aliphatic carbocycles. The first kappa shape index (κ1) is 37.3. The highest BCUT2D eigenvalue weighted by Crippen LogP contribution is 2.25. The first-order chi connectivity index (χ1) is 22.2. The number of benzene rings is 2. The zero-order valence-electron chi connectivity index (χ0n) is 27.6. The molecule has 1 amide bonds. The highest BCUT2D eigenvalue weighted by atomic mass is 16.6. The lowest BCUT2D eigenvalue weighted by atomic mass is 10.1. The van der Waals surface area contributed by atoms with Crippen molar-refractivity contribution in [2.45, 2.75) is 39.3 Å². The van der Waals surface area contributed by atoms with Gasteiger partial charge in [-0.15, -0.1) is 0 Å². The van der Waals surface area contributed by atoms with Crippen molar-refractivity contribution in [2.24, 2.45) is 0 Å². The summed E-state index contributed by atoms with van der Waals surface area (Å²) in [6, 6.07) is 12.8. The second kappa shape index (κ2) is 20.9. The van der Waals surface area contributed by atoms with Crippen LogP contribution in [-0.4, -0.2) is 126 Å². The molecule has 258 valence electrons. The van der Waals surface area contributed by atoms with E-state index in [1.54, 1.807) is 11.0 Å². The average Bonchev–Trinajstić information content (AvgIpc) is 3.01. The predicted molar refractivity (Wildman–Crippen MR) is 174 cm³/mol. The number of nitrogens with zero attached hydrogens (tertiary/aromatic N) is 2. The van der Waals surface area contributed by atoms with E-state index < -0.39 is 11.7 Å². The van der Waals surface area contributed by atoms with Crippen LogP contribution < -0.4 is 4.90 Å². The number of rotatable bonds is 6. The van der Waals surface area contributed by atoms with Crippen LogP contribution in [0.4, 0.5) is 10.5 Å². The molecule has 1 saturated heterocycles. The summed E-state index contributed by atoms with van der Waals surface area (Å²) in [6.45, 7) is 13.7. The Bertz CT molecular complexity index is 1100. The molecule has 1 heterocycles. The Balaban J connectivity index is 1.60. The lowest BCUT2D eigenvalue weighted by Crippen LogP contribution is -2.37. The maximum atomic E-state index is 13.1. The molecule has 46 heavy (non-hydrogen) atoms. The number of phenolic OH excluding ortho intramolecular Hbond substituents is 2. The van der Waals surface area contributed by atoms with Crippen LogP contribution in [0, 0.1) is 0 Å². The minimum Gasteiger partial charge on any atom is -0.504 e. The zero-order valence-corrected chi connectivity index (χ0v) is 27.6. The Labute approximate surface area is 273 Å². The fourth-order valence-electron chi connectivity index (χ4n) is 4.50. The van der Waals surface area contributed by atoms with Gasteiger partial charge in [-0.2, -0.15) is 0 Å². The molecule has 1 aliphatic heterocycles. The van der Waals surface area contributed by atoms with Gasteiger partial charge < -0.3 is 53.2 Å². The van der Waals surface area contributed by atoms with Gasteiger partial charge in [0.2, 0.25) is 0 Å². The molecule has 3 rings (SSSR count). The van der Waals surface area contributed by atoms with Crippen LogP contribution >= 0.6 is 0 Å². The molecule has 0 bridgehead atoms. The molecule has 0 aromatic heterocycles. The van der Waals surface area contributed by atoms with Crippen LogP contribution in [0.5, 0.6) is 11.5 Å². The summed E-state index contributed by atoms with van der Waals surface area (Å²) in [5.41, 5.74) is 2.11. The normalized spacial score (nSPS) is 17.5. The average molecular weight is 649 g/mol. The van der Waals surface area contributed by atoms with E-state index in [1.807, 2.05) is 45.0 Å². The fraction of sp³-hybridized carbons (Fsp3) is 0.618. The van der Waals surface area contributed by atoms with Crippen molar-refractivity contribution in [3.8, 4) is 11.5 Å². The van der Waals surface area contributed by atoms with E-state index in [4.69, 9.17) is 33.2 Å². The molecule has 1 fully saturated rings. The van der Waals surface area contributed by atoms with Gasteiger partial charge in [-0.3, -0.25) is 0 Å². The molecular formula is C34H52N2O10. The summed E-state index contributed by atoms with van der Waals surface area (Å²) < 4.78 is 39.5. The van der Waals surface area contributed by atoms with Gasteiger partial charge in [0.05, 0.1) is 79.3 Å². The van der Waals surface area contributed by atoms with Crippen LogP contribution in [0.1, 0.15) is 31.9 Å². The van der Waals surface area contributed by atoms with Gasteiger partial charge in [0.25, 0.3) is 0 Å². The summed E-state index contributed by atoms with van der Waals surface area (Å²) in [5, 5.41) is 19.5. The standard InChI is InChI=1S/C34H52N2O10/c1-34(2,3)46-33(39)36(11-10-28-6-9-31(37)32(38)26-28)27-29-4-7-30(8-5-29)35-12-14-40-16-18-42-20-22-44-24-25-45-23-21-43-19-17-41-15-13-35/h4-9,26,37-38H,10-25,27H2,1-3H3. The monoisotopic (exact) mass is 648 g/mol. The van der Waals surface area contributed by atoms with E-state index >= 15 is 0 Å². The Morgan fingerprint density at radius 3 is 1.61 bits per heavy atom. The van der Waals surface area contributed by atoms with Crippen LogP contribution in [0.2, 0.25) is 0 Å². The Morgan fingerprint density at radius 2 is 1.15 bits per heavy atom. The predicted octanol–water partition coefficient (Wildman–Crippen LogP) is 4.00. The van der Waals surface area contributed by atoms with Crippen molar-refractivity contribution in [3.05, 3.63) is 53.6 Å². The number of phenols is 2. The number of hydrogen-bond donors (Lipinski definition) is 2. The number of aromatic hydroxyl groups is 2. The van der Waals surface area contributed by atoms with Gasteiger partial charge in [-0.1, -0.05) is 18.2 Å². The third-order valence-corrected chi connectivity index (χ3v) is 6.91. The molecule has 2 N–H and O–H groups in total. The fourth-order valence-corrected chi connectivity index (χ4v) is 4.50. The van der Waals surface area contributed by atoms with Crippen molar-refractivity contribution in [1.29, 1.82) is 0 Å². The quantitative estimate of drug-likeness (QED) is 0.441. The van der Waals surface area contributed by atoms with Gasteiger partial charge in [-0.25, -0.2) is 4.79 Å². The largest absolute Gasteiger partial charge is 0.504 e. The molecule has 0 spiro atoms. The SMILES string of the molecule is CC(C)(C)OC(=O)N(CCc1ccc(O)c(O)c1)Cc1ccc(N2CCOCCOCCOCCOCCOCCOCC2)cc1. The number of anilines is 1. The smallest absolute Gasteiger partial charge is 0.410 e. The highest BCUT2D eigenvalue weighted by Gasteiger charge is 2.22. The minimum absolute atomic E-state index is 0.180. The van der Waals surface area contributed by atoms with Crippen molar-refractivity contribution in [1.82, 2.24) is 4.90 Å². The summed E-state index contributed by atoms with van der Waals surface area (Å²) in [4.78, 5) is 17.0. The van der Waals surface area contributed by atoms with Crippen LogP contribution in [-0.2, 0) is 46.1 Å². The summed E-state index contributed by atoms with van der Waals surface area (Å²) in [5.74, 6) is -0.369. The topological polar surface area (TPSA) is 129 Å². The van der Waals surface area contributed by atoms with Crippen molar-refractivity contribution >= 4 is 11.8 Å². The molecule has 12 heteroatoms. The molecule has 2 aromatic rings. The van der Waals surface area contributed by atoms with Crippen molar-refractivity contribution in [3.63, 3.8) is 0 Å². The van der Waals surface area contributed by atoms with E-state index in [-0.39, 0.29) is 11.5 Å². The molecule has 0 radical (unpaired) electrons. The van der Waals surface area contributed by atoms with Gasteiger partial charge in [0.15, 0.2) is 11.5 Å². The van der Waals surface area contributed by atoms with Crippen LogP contribution in [0.25, 0.3) is 0 Å². The van der Waals surface area contributed by atoms with Gasteiger partial charge >= 0.3 is 6.09 Å². The Hall–Kier alpha value is -3.13. The summed E-state index contributed by atoms with van der Waals surface area (Å²) in [7, 11) is 0. The molecule has 2 aromatic carbocycles. The summed E-state index contributed by atoms with van der Waals surface area (Å²) in [6.07, 6.45) is 0.0626. The van der Waals surface area contributed by atoms with E-state index in [9.17, 15) is 15.0 Å². The molecule has 1 aliphatic rings. The second-order valence-corrected chi connectivity index (χ2v) is 11.8.